The molecular formula is C16H28N2O4. The van der Waals surface area contributed by atoms with E-state index in [-0.39, 0.29) is 18.3 Å². The molecule has 0 radical (unpaired) electrons. The molecule has 1 aliphatic heterocycles. The predicted molar refractivity (Wildman–Crippen MR) is 82.5 cm³/mol. The molecule has 1 saturated heterocycles. The molecule has 0 unspecified atom stereocenters. The summed E-state index contributed by atoms with van der Waals surface area (Å²) in [7, 11) is 2.04. The van der Waals surface area contributed by atoms with Crippen molar-refractivity contribution in [1.29, 1.82) is 0 Å². The molecule has 1 aliphatic rings. The maximum atomic E-state index is 12.4. The predicted octanol–water partition coefficient (Wildman–Crippen LogP) is 1.99. The van der Waals surface area contributed by atoms with Crippen molar-refractivity contribution in [1.82, 2.24) is 9.96 Å². The van der Waals surface area contributed by atoms with E-state index >= 15 is 0 Å². The van der Waals surface area contributed by atoms with Crippen LogP contribution in [-0.4, -0.2) is 47.9 Å². The largest absolute Gasteiger partial charge is 0.338 e. The molecule has 0 atom stereocenters. The molecule has 6 nitrogen and oxygen atoms in total. The van der Waals surface area contributed by atoms with Gasteiger partial charge in [-0.3, -0.25) is 9.59 Å². The Labute approximate surface area is 132 Å². The van der Waals surface area contributed by atoms with Crippen molar-refractivity contribution in [2.75, 3.05) is 20.1 Å². The van der Waals surface area contributed by atoms with Gasteiger partial charge in [0.15, 0.2) is 0 Å². The number of carbonyl (C=O) groups excluding carboxylic acids is 3. The minimum absolute atomic E-state index is 0.0910. The van der Waals surface area contributed by atoms with Crippen molar-refractivity contribution < 1.29 is 19.2 Å². The van der Waals surface area contributed by atoms with Gasteiger partial charge in [0.1, 0.15) is 0 Å². The third kappa shape index (κ3) is 4.80. The maximum absolute atomic E-state index is 12.4. The van der Waals surface area contributed by atoms with Gasteiger partial charge >= 0.3 is 5.97 Å². The van der Waals surface area contributed by atoms with Crippen molar-refractivity contribution in [3.8, 4) is 0 Å². The standard InChI is InChI=1S/C16H28N2O4/c1-7-17(6)11-15(2,3)10-16(4,5)14(21)22-18-12(19)8-9-13(18)20/h7-11H2,1-6H3. The molecule has 0 spiro atoms. The van der Waals surface area contributed by atoms with Gasteiger partial charge in [-0.25, -0.2) is 4.79 Å². The fraction of sp³-hybridized carbons (Fsp3) is 0.812. The third-order valence-electron chi connectivity index (χ3n) is 3.89. The molecule has 1 heterocycles. The highest BCUT2D eigenvalue weighted by Gasteiger charge is 2.41. The van der Waals surface area contributed by atoms with E-state index < -0.39 is 23.2 Å². The highest BCUT2D eigenvalue weighted by Crippen LogP contribution is 2.35. The number of carbonyl (C=O) groups is 3. The van der Waals surface area contributed by atoms with Crippen molar-refractivity contribution in [3.63, 3.8) is 0 Å². The number of nitrogens with zero attached hydrogens (tertiary/aromatic N) is 2. The van der Waals surface area contributed by atoms with Gasteiger partial charge in [-0.05, 0) is 39.3 Å². The first-order valence-corrected chi connectivity index (χ1v) is 7.75. The number of rotatable bonds is 7. The minimum Gasteiger partial charge on any atom is -0.330 e. The lowest BCUT2D eigenvalue weighted by Crippen LogP contribution is -2.41. The van der Waals surface area contributed by atoms with Gasteiger partial charge in [0.25, 0.3) is 11.8 Å². The summed E-state index contributed by atoms with van der Waals surface area (Å²) in [5, 5.41) is 0.620. The van der Waals surface area contributed by atoms with Gasteiger partial charge < -0.3 is 9.74 Å². The summed E-state index contributed by atoms with van der Waals surface area (Å²) in [5.41, 5.74) is -0.868. The van der Waals surface area contributed by atoms with Gasteiger partial charge in [0.05, 0.1) is 5.41 Å². The molecule has 22 heavy (non-hydrogen) atoms. The molecule has 0 saturated carbocycles. The zero-order chi connectivity index (χ0) is 17.1. The molecule has 126 valence electrons. The lowest BCUT2D eigenvalue weighted by atomic mass is 9.75. The van der Waals surface area contributed by atoms with Gasteiger partial charge in [-0.1, -0.05) is 20.8 Å². The minimum atomic E-state index is -0.777. The summed E-state index contributed by atoms with van der Waals surface area (Å²) in [6.45, 7) is 11.6. The van der Waals surface area contributed by atoms with E-state index in [0.717, 1.165) is 13.1 Å². The van der Waals surface area contributed by atoms with Crippen LogP contribution < -0.4 is 0 Å². The molecule has 0 aromatic carbocycles. The fourth-order valence-corrected chi connectivity index (χ4v) is 3.03. The van der Waals surface area contributed by atoms with E-state index in [2.05, 4.69) is 25.7 Å². The van der Waals surface area contributed by atoms with Gasteiger partial charge in [-0.15, -0.1) is 5.06 Å². The zero-order valence-electron chi connectivity index (χ0n) is 14.6. The van der Waals surface area contributed by atoms with Crippen LogP contribution in [0.25, 0.3) is 0 Å². The van der Waals surface area contributed by atoms with E-state index in [0.29, 0.717) is 11.5 Å². The second kappa shape index (κ2) is 6.77. The van der Waals surface area contributed by atoms with Crippen LogP contribution in [0.5, 0.6) is 0 Å². The number of hydroxylamine groups is 2. The van der Waals surface area contributed by atoms with Crippen LogP contribution >= 0.6 is 0 Å². The van der Waals surface area contributed by atoms with E-state index in [1.165, 1.54) is 0 Å². The lowest BCUT2D eigenvalue weighted by molar-refractivity contribution is -0.205. The van der Waals surface area contributed by atoms with Crippen molar-refractivity contribution >= 4 is 17.8 Å². The SMILES string of the molecule is CCN(C)CC(C)(C)CC(C)(C)C(=O)ON1C(=O)CCC1=O. The first-order valence-electron chi connectivity index (χ1n) is 7.75. The molecule has 6 heteroatoms. The van der Waals surface area contributed by atoms with Crippen LogP contribution in [-0.2, 0) is 19.2 Å². The van der Waals surface area contributed by atoms with E-state index in [9.17, 15) is 14.4 Å². The average molecular weight is 312 g/mol. The lowest BCUT2D eigenvalue weighted by Gasteiger charge is -2.36. The Morgan fingerprint density at radius 1 is 1.18 bits per heavy atom. The van der Waals surface area contributed by atoms with Crippen LogP contribution in [0.1, 0.15) is 53.9 Å². The molecule has 2 amide bonds. The highest BCUT2D eigenvalue weighted by atomic mass is 16.7. The quantitative estimate of drug-likeness (QED) is 0.673. The maximum Gasteiger partial charge on any atom is 0.338 e. The first-order chi connectivity index (χ1) is 9.98. The van der Waals surface area contributed by atoms with Gasteiger partial charge in [0, 0.05) is 19.4 Å². The Balaban J connectivity index is 2.70. The summed E-state index contributed by atoms with van der Waals surface area (Å²) >= 11 is 0. The highest BCUT2D eigenvalue weighted by molar-refractivity contribution is 6.01. The van der Waals surface area contributed by atoms with Crippen LogP contribution in [0.15, 0.2) is 0 Å². The van der Waals surface area contributed by atoms with E-state index in [1.807, 2.05) is 7.05 Å². The second-order valence-electron chi connectivity index (χ2n) is 7.52. The molecule has 1 rings (SSSR count). The van der Waals surface area contributed by atoms with Crippen LogP contribution in [0.2, 0.25) is 0 Å². The average Bonchev–Trinajstić information content (AvgIpc) is 2.68. The molecule has 0 N–H and O–H groups in total. The molecule has 1 fully saturated rings. The summed E-state index contributed by atoms with van der Waals surface area (Å²) in [5.74, 6) is -1.43. The Morgan fingerprint density at radius 3 is 2.14 bits per heavy atom. The van der Waals surface area contributed by atoms with Crippen LogP contribution in [0.4, 0.5) is 0 Å². The Kier molecular flexibility index (Phi) is 5.73. The van der Waals surface area contributed by atoms with Crippen molar-refractivity contribution in [2.45, 2.75) is 53.9 Å². The van der Waals surface area contributed by atoms with E-state index in [1.54, 1.807) is 13.8 Å². The fourth-order valence-electron chi connectivity index (χ4n) is 3.03. The Hall–Kier alpha value is -1.43. The van der Waals surface area contributed by atoms with Crippen LogP contribution in [0, 0.1) is 10.8 Å². The topological polar surface area (TPSA) is 66.9 Å². The van der Waals surface area contributed by atoms with Gasteiger partial charge in [0.2, 0.25) is 0 Å². The summed E-state index contributed by atoms with van der Waals surface area (Å²) in [6.07, 6.45) is 0.818. The number of amides is 2. The molecular weight excluding hydrogens is 284 g/mol. The van der Waals surface area contributed by atoms with Gasteiger partial charge in [-0.2, -0.15) is 0 Å². The summed E-state index contributed by atoms with van der Waals surface area (Å²) in [6, 6.07) is 0. The summed E-state index contributed by atoms with van der Waals surface area (Å²) in [4.78, 5) is 42.7. The first kappa shape index (κ1) is 18.6. The molecule has 0 aliphatic carbocycles. The monoisotopic (exact) mass is 312 g/mol. The number of hydrogen-bond acceptors (Lipinski definition) is 5. The number of imide groups is 1. The zero-order valence-corrected chi connectivity index (χ0v) is 14.6. The van der Waals surface area contributed by atoms with E-state index in [4.69, 9.17) is 4.84 Å². The smallest absolute Gasteiger partial charge is 0.330 e. The Morgan fingerprint density at radius 2 is 1.68 bits per heavy atom. The second-order valence-corrected chi connectivity index (χ2v) is 7.52. The summed E-state index contributed by atoms with van der Waals surface area (Å²) < 4.78 is 0. The van der Waals surface area contributed by atoms with Crippen LogP contribution in [0.3, 0.4) is 0 Å². The van der Waals surface area contributed by atoms with Crippen molar-refractivity contribution in [2.24, 2.45) is 10.8 Å². The molecule has 0 bridgehead atoms. The Bertz CT molecular complexity index is 441. The molecule has 0 aromatic rings. The third-order valence-corrected chi connectivity index (χ3v) is 3.89. The van der Waals surface area contributed by atoms with Crippen molar-refractivity contribution in [3.05, 3.63) is 0 Å². The normalized spacial score (nSPS) is 16.6. The molecule has 0 aromatic heterocycles. The number of hydrogen-bond donors (Lipinski definition) is 0.